The van der Waals surface area contributed by atoms with E-state index in [4.69, 9.17) is 0 Å². The lowest BCUT2D eigenvalue weighted by molar-refractivity contribution is 0.171. The summed E-state index contributed by atoms with van der Waals surface area (Å²) in [5.41, 5.74) is 0. The highest BCUT2D eigenvalue weighted by molar-refractivity contribution is 4.61. The monoisotopic (exact) mass is 248 g/mol. The van der Waals surface area contributed by atoms with Gasteiger partial charge in [0.05, 0.1) is 6.10 Å². The van der Waals surface area contributed by atoms with Crippen LogP contribution in [0.5, 0.6) is 0 Å². The molecule has 106 valence electrons. The zero-order chi connectivity index (χ0) is 13.4. The van der Waals surface area contributed by atoms with Crippen molar-refractivity contribution >= 4 is 0 Å². The van der Waals surface area contributed by atoms with Crippen LogP contribution < -0.4 is 21.3 Å². The Balaban J connectivity index is 0. The van der Waals surface area contributed by atoms with Crippen molar-refractivity contribution in [3.8, 4) is 0 Å². The molecule has 1 atom stereocenters. The molecule has 0 heterocycles. The van der Waals surface area contributed by atoms with Crippen LogP contribution in [0.4, 0.5) is 0 Å². The molecule has 0 aromatic heterocycles. The number of aliphatic hydroxyl groups excluding tert-OH is 1. The van der Waals surface area contributed by atoms with Gasteiger partial charge in [-0.05, 0) is 33.6 Å². The van der Waals surface area contributed by atoms with Crippen LogP contribution in [-0.2, 0) is 0 Å². The standard InChI is InChI=1S/C10H26N4O.C2H6/c1-11-4-3-5-13-6-7-14-9-10(15)8-12-2;1-2/h10-15H,3-9H2,1-2H3;1-2H3. The summed E-state index contributed by atoms with van der Waals surface area (Å²) >= 11 is 0. The van der Waals surface area contributed by atoms with E-state index >= 15 is 0 Å². The molecule has 0 saturated carbocycles. The molecule has 0 amide bonds. The number of nitrogens with one attached hydrogen (secondary N) is 4. The highest BCUT2D eigenvalue weighted by atomic mass is 16.3. The van der Waals surface area contributed by atoms with E-state index in [1.165, 1.54) is 0 Å². The first-order valence-electron chi connectivity index (χ1n) is 6.70. The lowest BCUT2D eigenvalue weighted by Gasteiger charge is -2.11. The number of hydrogen-bond donors (Lipinski definition) is 5. The Morgan fingerprint density at radius 3 is 2.06 bits per heavy atom. The van der Waals surface area contributed by atoms with Gasteiger partial charge in [0.1, 0.15) is 0 Å². The molecule has 5 heteroatoms. The van der Waals surface area contributed by atoms with Crippen molar-refractivity contribution in [2.45, 2.75) is 26.4 Å². The zero-order valence-electron chi connectivity index (χ0n) is 12.0. The first-order valence-corrected chi connectivity index (χ1v) is 6.70. The van der Waals surface area contributed by atoms with E-state index in [-0.39, 0.29) is 6.10 Å². The molecule has 0 fully saturated rings. The van der Waals surface area contributed by atoms with Crippen LogP contribution in [0.3, 0.4) is 0 Å². The summed E-state index contributed by atoms with van der Waals surface area (Å²) in [5, 5.41) is 21.9. The second-order valence-corrected chi connectivity index (χ2v) is 3.62. The van der Waals surface area contributed by atoms with E-state index in [1.807, 2.05) is 27.9 Å². The Labute approximate surface area is 107 Å². The average Bonchev–Trinajstić information content (AvgIpc) is 2.35. The van der Waals surface area contributed by atoms with Crippen LogP contribution in [-0.4, -0.2) is 64.6 Å². The second-order valence-electron chi connectivity index (χ2n) is 3.62. The third-order valence-corrected chi connectivity index (χ3v) is 2.08. The van der Waals surface area contributed by atoms with Crippen LogP contribution in [0.2, 0.25) is 0 Å². The molecule has 5 nitrogen and oxygen atoms in total. The van der Waals surface area contributed by atoms with Crippen molar-refractivity contribution in [3.63, 3.8) is 0 Å². The molecule has 0 spiro atoms. The SMILES string of the molecule is CC.CNCCCNCCNCC(O)CNC. The van der Waals surface area contributed by atoms with E-state index in [9.17, 15) is 5.11 Å². The van der Waals surface area contributed by atoms with Gasteiger partial charge in [-0.1, -0.05) is 13.8 Å². The summed E-state index contributed by atoms with van der Waals surface area (Å²) < 4.78 is 0. The fraction of sp³-hybridized carbons (Fsp3) is 1.00. The van der Waals surface area contributed by atoms with Gasteiger partial charge >= 0.3 is 0 Å². The van der Waals surface area contributed by atoms with Crippen LogP contribution in [0, 0.1) is 0 Å². The molecule has 0 aliphatic heterocycles. The minimum absolute atomic E-state index is 0.292. The maximum atomic E-state index is 9.37. The van der Waals surface area contributed by atoms with Crippen molar-refractivity contribution in [2.75, 3.05) is 53.4 Å². The van der Waals surface area contributed by atoms with Crippen molar-refractivity contribution in [3.05, 3.63) is 0 Å². The minimum atomic E-state index is -0.292. The Hall–Kier alpha value is -0.200. The molecule has 0 aliphatic rings. The summed E-state index contributed by atoms with van der Waals surface area (Å²) in [6, 6.07) is 0. The Morgan fingerprint density at radius 2 is 1.47 bits per heavy atom. The molecule has 1 unspecified atom stereocenters. The van der Waals surface area contributed by atoms with Crippen LogP contribution >= 0.6 is 0 Å². The van der Waals surface area contributed by atoms with Crippen molar-refractivity contribution < 1.29 is 5.11 Å². The van der Waals surface area contributed by atoms with Gasteiger partial charge in [-0.2, -0.15) is 0 Å². The van der Waals surface area contributed by atoms with E-state index in [0.29, 0.717) is 13.1 Å². The molecule has 0 radical (unpaired) electrons. The highest BCUT2D eigenvalue weighted by Gasteiger charge is 1.99. The van der Waals surface area contributed by atoms with Crippen molar-refractivity contribution in [2.24, 2.45) is 0 Å². The predicted molar refractivity (Wildman–Crippen MR) is 75.6 cm³/mol. The highest BCUT2D eigenvalue weighted by Crippen LogP contribution is 1.76. The summed E-state index contributed by atoms with van der Waals surface area (Å²) in [6.07, 6.45) is 0.859. The van der Waals surface area contributed by atoms with E-state index in [2.05, 4.69) is 21.3 Å². The third-order valence-electron chi connectivity index (χ3n) is 2.08. The largest absolute Gasteiger partial charge is 0.390 e. The molecule has 0 aliphatic carbocycles. The number of aliphatic hydroxyl groups is 1. The molecule has 0 bridgehead atoms. The fourth-order valence-corrected chi connectivity index (χ4v) is 1.27. The van der Waals surface area contributed by atoms with Gasteiger partial charge in [-0.25, -0.2) is 0 Å². The molecular weight excluding hydrogens is 216 g/mol. The summed E-state index contributed by atoms with van der Waals surface area (Å²) in [5.74, 6) is 0. The normalized spacial score (nSPS) is 11.8. The first-order chi connectivity index (χ1) is 8.31. The number of likely N-dealkylation sites (N-methyl/N-ethyl adjacent to an activating group) is 1. The quantitative estimate of drug-likeness (QED) is 0.315. The molecular formula is C12H32N4O. The van der Waals surface area contributed by atoms with Crippen LogP contribution in [0.1, 0.15) is 20.3 Å². The Morgan fingerprint density at radius 1 is 0.824 bits per heavy atom. The zero-order valence-corrected chi connectivity index (χ0v) is 12.0. The van der Waals surface area contributed by atoms with Crippen LogP contribution in [0.25, 0.3) is 0 Å². The molecule has 5 N–H and O–H groups in total. The molecule has 0 aromatic carbocycles. The third kappa shape index (κ3) is 18.4. The first kappa shape index (κ1) is 19.1. The van der Waals surface area contributed by atoms with Gasteiger partial charge in [0, 0.05) is 26.2 Å². The smallest absolute Gasteiger partial charge is 0.0788 e. The van der Waals surface area contributed by atoms with Gasteiger partial charge in [-0.3, -0.25) is 0 Å². The van der Waals surface area contributed by atoms with E-state index < -0.39 is 0 Å². The van der Waals surface area contributed by atoms with Gasteiger partial charge in [0.25, 0.3) is 0 Å². The van der Waals surface area contributed by atoms with Crippen molar-refractivity contribution in [1.82, 2.24) is 21.3 Å². The van der Waals surface area contributed by atoms with Gasteiger partial charge in [-0.15, -0.1) is 0 Å². The number of hydrogen-bond acceptors (Lipinski definition) is 5. The van der Waals surface area contributed by atoms with Gasteiger partial charge in [0.15, 0.2) is 0 Å². The van der Waals surface area contributed by atoms with Gasteiger partial charge < -0.3 is 26.4 Å². The molecule has 0 aromatic rings. The molecule has 0 rings (SSSR count). The Kier molecular flexibility index (Phi) is 20.5. The Bertz CT molecular complexity index is 125. The van der Waals surface area contributed by atoms with E-state index in [1.54, 1.807) is 0 Å². The summed E-state index contributed by atoms with van der Waals surface area (Å²) in [6.45, 7) is 9.25. The maximum Gasteiger partial charge on any atom is 0.0788 e. The molecule has 0 saturated heterocycles. The number of rotatable bonds is 11. The maximum absolute atomic E-state index is 9.37. The molecule has 17 heavy (non-hydrogen) atoms. The lowest BCUT2D eigenvalue weighted by Crippen LogP contribution is -2.37. The van der Waals surface area contributed by atoms with E-state index in [0.717, 1.165) is 32.6 Å². The minimum Gasteiger partial charge on any atom is -0.390 e. The van der Waals surface area contributed by atoms with Gasteiger partial charge in [0.2, 0.25) is 0 Å². The predicted octanol–water partition coefficient (Wildman–Crippen LogP) is -0.618. The topological polar surface area (TPSA) is 68.3 Å². The summed E-state index contributed by atoms with van der Waals surface area (Å²) in [7, 11) is 3.80. The average molecular weight is 248 g/mol. The van der Waals surface area contributed by atoms with Crippen LogP contribution in [0.15, 0.2) is 0 Å². The fourth-order valence-electron chi connectivity index (χ4n) is 1.27. The van der Waals surface area contributed by atoms with Crippen molar-refractivity contribution in [1.29, 1.82) is 0 Å². The second kappa shape index (κ2) is 18.2. The summed E-state index contributed by atoms with van der Waals surface area (Å²) in [4.78, 5) is 0. The lowest BCUT2D eigenvalue weighted by atomic mass is 10.3.